The van der Waals surface area contributed by atoms with Crippen LogP contribution in [0.3, 0.4) is 0 Å². The number of oxazole rings is 1. The standard InChI is InChI=1S/C26H37FN4O2/c1-19-8-6-9-22(27)24(19)26-29-23(20(2)33-26)18-31-16-10-21(11-17-31)25(32)28-12-7-15-30-13-4-3-5-14-30/h6,8-9,21H,3-5,7,10-18H2,1-2H3,(H,28,32). The number of carbonyl (C=O) groups excluding carboxylic acids is 1. The Hall–Kier alpha value is -2.25. The summed E-state index contributed by atoms with van der Waals surface area (Å²) in [7, 11) is 0. The molecule has 2 saturated heterocycles. The van der Waals surface area contributed by atoms with Crippen LogP contribution in [0.5, 0.6) is 0 Å². The number of nitrogens with one attached hydrogen (secondary N) is 1. The number of rotatable bonds is 8. The molecular weight excluding hydrogens is 419 g/mol. The highest BCUT2D eigenvalue weighted by Crippen LogP contribution is 2.28. The molecule has 2 aromatic rings. The van der Waals surface area contributed by atoms with Gasteiger partial charge >= 0.3 is 0 Å². The number of nitrogens with zero attached hydrogens (tertiary/aromatic N) is 3. The van der Waals surface area contributed by atoms with E-state index in [2.05, 4.69) is 20.1 Å². The zero-order valence-corrected chi connectivity index (χ0v) is 20.0. The normalized spacial score (nSPS) is 18.5. The zero-order valence-electron chi connectivity index (χ0n) is 20.0. The van der Waals surface area contributed by atoms with Gasteiger partial charge in [0.25, 0.3) is 0 Å². The Morgan fingerprint density at radius 2 is 1.88 bits per heavy atom. The maximum atomic E-state index is 14.3. The number of aromatic nitrogens is 1. The molecular formula is C26H37FN4O2. The predicted molar refractivity (Wildman–Crippen MR) is 127 cm³/mol. The molecule has 0 saturated carbocycles. The molecule has 4 rings (SSSR count). The molecule has 2 aliphatic heterocycles. The van der Waals surface area contributed by atoms with Crippen LogP contribution in [-0.2, 0) is 11.3 Å². The Balaban J connectivity index is 1.22. The van der Waals surface area contributed by atoms with Gasteiger partial charge in [0.05, 0.1) is 11.3 Å². The molecule has 180 valence electrons. The molecule has 0 unspecified atom stereocenters. The fourth-order valence-corrected chi connectivity index (χ4v) is 4.99. The first-order valence-electron chi connectivity index (χ1n) is 12.5. The van der Waals surface area contributed by atoms with Crippen LogP contribution >= 0.6 is 0 Å². The first-order chi connectivity index (χ1) is 16.0. The van der Waals surface area contributed by atoms with Gasteiger partial charge < -0.3 is 14.6 Å². The number of carbonyl (C=O) groups is 1. The SMILES string of the molecule is Cc1cccc(F)c1-c1nc(CN2CCC(C(=O)NCCCN3CCCCC3)CC2)c(C)o1. The van der Waals surface area contributed by atoms with Crippen molar-refractivity contribution >= 4 is 5.91 Å². The second-order valence-corrected chi connectivity index (χ2v) is 9.55. The van der Waals surface area contributed by atoms with Crippen molar-refractivity contribution in [1.82, 2.24) is 20.1 Å². The molecule has 1 aromatic carbocycles. The molecule has 1 amide bonds. The van der Waals surface area contributed by atoms with E-state index in [-0.39, 0.29) is 17.6 Å². The van der Waals surface area contributed by atoms with E-state index in [1.54, 1.807) is 6.07 Å². The van der Waals surface area contributed by atoms with Gasteiger partial charge in [-0.1, -0.05) is 18.6 Å². The molecule has 3 heterocycles. The van der Waals surface area contributed by atoms with E-state index in [4.69, 9.17) is 4.42 Å². The lowest BCUT2D eigenvalue weighted by Crippen LogP contribution is -2.41. The minimum atomic E-state index is -0.314. The van der Waals surface area contributed by atoms with Gasteiger partial charge in [0, 0.05) is 19.0 Å². The molecule has 0 atom stereocenters. The van der Waals surface area contributed by atoms with Crippen molar-refractivity contribution in [3.05, 3.63) is 41.0 Å². The van der Waals surface area contributed by atoms with Crippen LogP contribution in [0.2, 0.25) is 0 Å². The summed E-state index contributed by atoms with van der Waals surface area (Å²) in [6, 6.07) is 4.99. The van der Waals surface area contributed by atoms with E-state index in [1.807, 2.05) is 19.9 Å². The maximum absolute atomic E-state index is 14.3. The van der Waals surface area contributed by atoms with E-state index in [0.717, 1.165) is 62.5 Å². The number of amides is 1. The summed E-state index contributed by atoms with van der Waals surface area (Å²) >= 11 is 0. The van der Waals surface area contributed by atoms with Gasteiger partial charge in [-0.25, -0.2) is 9.37 Å². The smallest absolute Gasteiger partial charge is 0.229 e. The van der Waals surface area contributed by atoms with Gasteiger partial charge in [0.1, 0.15) is 11.6 Å². The second kappa shape index (κ2) is 11.3. The van der Waals surface area contributed by atoms with E-state index in [9.17, 15) is 9.18 Å². The third-order valence-electron chi connectivity index (χ3n) is 7.06. The molecule has 1 N–H and O–H groups in total. The molecule has 0 radical (unpaired) electrons. The van der Waals surface area contributed by atoms with Crippen LogP contribution in [0.4, 0.5) is 4.39 Å². The minimum Gasteiger partial charge on any atom is -0.441 e. The van der Waals surface area contributed by atoms with Crippen molar-refractivity contribution in [3.8, 4) is 11.5 Å². The summed E-state index contributed by atoms with van der Waals surface area (Å²) in [4.78, 5) is 22.0. The van der Waals surface area contributed by atoms with Crippen LogP contribution in [0.25, 0.3) is 11.5 Å². The van der Waals surface area contributed by atoms with Gasteiger partial charge in [-0.15, -0.1) is 0 Å². The lowest BCUT2D eigenvalue weighted by molar-refractivity contribution is -0.126. The number of benzene rings is 1. The number of piperidine rings is 2. The van der Waals surface area contributed by atoms with Crippen molar-refractivity contribution in [3.63, 3.8) is 0 Å². The molecule has 33 heavy (non-hydrogen) atoms. The Morgan fingerprint density at radius 3 is 2.61 bits per heavy atom. The number of hydrogen-bond donors (Lipinski definition) is 1. The lowest BCUT2D eigenvalue weighted by atomic mass is 9.95. The van der Waals surface area contributed by atoms with Crippen molar-refractivity contribution in [2.75, 3.05) is 39.3 Å². The van der Waals surface area contributed by atoms with Crippen molar-refractivity contribution in [1.29, 1.82) is 0 Å². The number of halogens is 1. The Morgan fingerprint density at radius 1 is 1.12 bits per heavy atom. The monoisotopic (exact) mass is 456 g/mol. The molecule has 0 spiro atoms. The largest absolute Gasteiger partial charge is 0.441 e. The van der Waals surface area contributed by atoms with E-state index >= 15 is 0 Å². The molecule has 6 nitrogen and oxygen atoms in total. The predicted octanol–water partition coefficient (Wildman–Crippen LogP) is 4.30. The summed E-state index contributed by atoms with van der Waals surface area (Å²) in [6.07, 6.45) is 6.71. The first kappa shape index (κ1) is 23.9. The van der Waals surface area contributed by atoms with Gasteiger partial charge in [0.2, 0.25) is 11.8 Å². The summed E-state index contributed by atoms with van der Waals surface area (Å²) < 4.78 is 20.1. The molecule has 7 heteroatoms. The molecule has 0 bridgehead atoms. The van der Waals surface area contributed by atoms with Crippen molar-refractivity contribution in [2.24, 2.45) is 5.92 Å². The second-order valence-electron chi connectivity index (χ2n) is 9.55. The van der Waals surface area contributed by atoms with Gasteiger partial charge in [-0.3, -0.25) is 9.69 Å². The third kappa shape index (κ3) is 6.21. The number of likely N-dealkylation sites (tertiary alicyclic amines) is 2. The van der Waals surface area contributed by atoms with Gasteiger partial charge in [-0.2, -0.15) is 0 Å². The molecule has 0 aliphatic carbocycles. The van der Waals surface area contributed by atoms with E-state index < -0.39 is 0 Å². The highest BCUT2D eigenvalue weighted by Gasteiger charge is 2.26. The fraction of sp³-hybridized carbons (Fsp3) is 0.615. The minimum absolute atomic E-state index is 0.0891. The Bertz CT molecular complexity index is 910. The molecule has 1 aromatic heterocycles. The third-order valence-corrected chi connectivity index (χ3v) is 7.06. The fourth-order valence-electron chi connectivity index (χ4n) is 4.99. The quantitative estimate of drug-likeness (QED) is 0.600. The van der Waals surface area contributed by atoms with Crippen LogP contribution in [0, 0.1) is 25.6 Å². The summed E-state index contributed by atoms with van der Waals surface area (Å²) in [5, 5.41) is 3.15. The first-order valence-corrected chi connectivity index (χ1v) is 12.5. The van der Waals surface area contributed by atoms with Crippen molar-refractivity contribution in [2.45, 2.75) is 58.9 Å². The van der Waals surface area contributed by atoms with Gasteiger partial charge in [0.15, 0.2) is 0 Å². The maximum Gasteiger partial charge on any atom is 0.229 e. The Labute approximate surface area is 196 Å². The van der Waals surface area contributed by atoms with Gasteiger partial charge in [-0.05, 0) is 90.3 Å². The average molecular weight is 457 g/mol. The summed E-state index contributed by atoms with van der Waals surface area (Å²) in [6.45, 7) is 10.4. The van der Waals surface area contributed by atoms with Crippen LogP contribution in [0.1, 0.15) is 55.5 Å². The topological polar surface area (TPSA) is 61.6 Å². The summed E-state index contributed by atoms with van der Waals surface area (Å²) in [5.74, 6) is 1.04. The molecule has 2 aliphatic rings. The van der Waals surface area contributed by atoms with Crippen LogP contribution in [-0.4, -0.2) is 60.0 Å². The van der Waals surface area contributed by atoms with Crippen LogP contribution < -0.4 is 5.32 Å². The van der Waals surface area contributed by atoms with E-state index in [1.165, 1.54) is 38.4 Å². The van der Waals surface area contributed by atoms with Crippen LogP contribution in [0.15, 0.2) is 22.6 Å². The summed E-state index contributed by atoms with van der Waals surface area (Å²) in [5.41, 5.74) is 2.08. The number of hydrogen-bond acceptors (Lipinski definition) is 5. The number of aryl methyl sites for hydroxylation is 2. The average Bonchev–Trinajstić information content (AvgIpc) is 3.17. The highest BCUT2D eigenvalue weighted by molar-refractivity contribution is 5.78. The molecule has 2 fully saturated rings. The highest BCUT2D eigenvalue weighted by atomic mass is 19.1. The van der Waals surface area contributed by atoms with E-state index in [0.29, 0.717) is 18.0 Å². The zero-order chi connectivity index (χ0) is 23.2. The Kier molecular flexibility index (Phi) is 8.15. The lowest BCUT2D eigenvalue weighted by Gasteiger charge is -2.31. The van der Waals surface area contributed by atoms with Crippen molar-refractivity contribution < 1.29 is 13.6 Å².